The molecule has 5 rings (SSSR count). The highest BCUT2D eigenvalue weighted by Gasteiger charge is 2.26. The zero-order chi connectivity index (χ0) is 27.2. The number of aromatic nitrogens is 2. The second kappa shape index (κ2) is 14.4. The number of rotatable bonds is 9. The molecule has 0 amide bonds. The van der Waals surface area contributed by atoms with E-state index in [1.54, 1.807) is 12.3 Å². The number of pyridine rings is 2. The lowest BCUT2D eigenvalue weighted by atomic mass is 9.83. The van der Waals surface area contributed by atoms with E-state index in [-0.39, 0.29) is 19.1 Å². The van der Waals surface area contributed by atoms with Gasteiger partial charge in [-0.05, 0) is 100 Å². The van der Waals surface area contributed by atoms with Crippen molar-refractivity contribution in [2.75, 3.05) is 43.1 Å². The number of ether oxygens (including phenoxy) is 1. The minimum Gasteiger partial charge on any atom is -0.381 e. The van der Waals surface area contributed by atoms with Crippen molar-refractivity contribution in [2.45, 2.75) is 71.3 Å². The molecule has 7 nitrogen and oxygen atoms in total. The van der Waals surface area contributed by atoms with Gasteiger partial charge in [-0.2, -0.15) is 0 Å². The Kier molecular flexibility index (Phi) is 11.2. The van der Waals surface area contributed by atoms with Crippen molar-refractivity contribution >= 4 is 27.3 Å². The van der Waals surface area contributed by atoms with Crippen LogP contribution in [0.4, 0.5) is 10.2 Å². The van der Waals surface area contributed by atoms with Crippen molar-refractivity contribution < 1.29 is 17.5 Å². The summed E-state index contributed by atoms with van der Waals surface area (Å²) in [6.45, 7) is 3.10. The lowest BCUT2D eigenvalue weighted by molar-refractivity contribution is 0.0699. The van der Waals surface area contributed by atoms with Gasteiger partial charge in [0, 0.05) is 43.3 Å². The van der Waals surface area contributed by atoms with E-state index in [1.807, 2.05) is 6.07 Å². The molecular weight excluding hydrogens is 551 g/mol. The Balaban J connectivity index is 0.00000370. The summed E-state index contributed by atoms with van der Waals surface area (Å²) >= 11 is 6.53. The number of hydrogen-bond donors (Lipinski definition) is 2. The summed E-state index contributed by atoms with van der Waals surface area (Å²) < 4.78 is 43.3. The van der Waals surface area contributed by atoms with Crippen LogP contribution in [0.2, 0.25) is 5.02 Å². The molecule has 222 valence electrons. The van der Waals surface area contributed by atoms with E-state index in [0.29, 0.717) is 52.6 Å². The fourth-order valence-electron chi connectivity index (χ4n) is 6.04. The molecular formula is C30H44ClFN4O3S. The maximum absolute atomic E-state index is 14.5. The average Bonchev–Trinajstić information content (AvgIpc) is 2.94. The monoisotopic (exact) mass is 594 g/mol. The summed E-state index contributed by atoms with van der Waals surface area (Å²) in [6.07, 6.45) is 10.6. The number of hydrogen-bond acceptors (Lipinski definition) is 7. The van der Waals surface area contributed by atoms with Crippen LogP contribution in [0.25, 0.3) is 11.3 Å². The van der Waals surface area contributed by atoms with Crippen LogP contribution in [-0.4, -0.2) is 62.2 Å². The van der Waals surface area contributed by atoms with Gasteiger partial charge in [-0.1, -0.05) is 19.0 Å². The first-order valence-corrected chi connectivity index (χ1v) is 16.6. The van der Waals surface area contributed by atoms with Gasteiger partial charge in [0.05, 0.1) is 22.2 Å². The fraction of sp³-hybridized carbons (Fsp3) is 0.667. The molecule has 0 radical (unpaired) electrons. The van der Waals surface area contributed by atoms with Crippen molar-refractivity contribution in [3.05, 3.63) is 40.9 Å². The molecule has 0 bridgehead atoms. The molecule has 2 N–H and O–H groups in total. The van der Waals surface area contributed by atoms with Gasteiger partial charge in [0.25, 0.3) is 0 Å². The SMILES string of the molecule is C.O=S1(=O)CCC(CNC2CCC(Cc3cc(-c4ccc(F)c(NCC5CCOCC5)n4)c(Cl)cn3)CC2)CC1. The molecule has 2 aromatic rings. The predicted octanol–water partition coefficient (Wildman–Crippen LogP) is 5.93. The molecule has 0 spiro atoms. The molecule has 40 heavy (non-hydrogen) atoms. The van der Waals surface area contributed by atoms with Crippen LogP contribution in [0, 0.1) is 23.6 Å². The second-order valence-corrected chi connectivity index (χ2v) is 14.3. The van der Waals surface area contributed by atoms with Crippen LogP contribution >= 0.6 is 11.6 Å². The van der Waals surface area contributed by atoms with Gasteiger partial charge in [-0.15, -0.1) is 0 Å². The van der Waals surface area contributed by atoms with E-state index in [0.717, 1.165) is 88.8 Å². The van der Waals surface area contributed by atoms with Gasteiger partial charge in [0.15, 0.2) is 11.6 Å². The Morgan fingerprint density at radius 3 is 2.38 bits per heavy atom. The number of anilines is 1. The Bertz CT molecular complexity index is 1200. The van der Waals surface area contributed by atoms with Gasteiger partial charge in [0.2, 0.25) is 0 Å². The largest absolute Gasteiger partial charge is 0.381 e. The van der Waals surface area contributed by atoms with Crippen LogP contribution in [-0.2, 0) is 21.0 Å². The number of nitrogens with zero attached hydrogens (tertiary/aromatic N) is 2. The van der Waals surface area contributed by atoms with Crippen LogP contribution < -0.4 is 10.6 Å². The molecule has 2 saturated heterocycles. The van der Waals surface area contributed by atoms with Gasteiger partial charge in [0.1, 0.15) is 9.84 Å². The third kappa shape index (κ3) is 8.60. The lowest BCUT2D eigenvalue weighted by Crippen LogP contribution is -2.38. The first-order valence-electron chi connectivity index (χ1n) is 14.4. The summed E-state index contributed by atoms with van der Waals surface area (Å²) in [7, 11) is -2.80. The van der Waals surface area contributed by atoms with Gasteiger partial charge in [-0.3, -0.25) is 4.98 Å². The lowest BCUT2D eigenvalue weighted by Gasteiger charge is -2.31. The molecule has 2 aromatic heterocycles. The third-order valence-electron chi connectivity index (χ3n) is 8.65. The van der Waals surface area contributed by atoms with Gasteiger partial charge >= 0.3 is 0 Å². The quantitative estimate of drug-likeness (QED) is 0.372. The molecule has 0 aromatic carbocycles. The maximum Gasteiger partial charge on any atom is 0.165 e. The summed E-state index contributed by atoms with van der Waals surface area (Å²) in [5.74, 6) is 2.05. The number of halogens is 2. The highest BCUT2D eigenvalue weighted by molar-refractivity contribution is 7.91. The highest BCUT2D eigenvalue weighted by atomic mass is 35.5. The van der Waals surface area contributed by atoms with E-state index >= 15 is 0 Å². The normalized spacial score (nSPS) is 23.9. The third-order valence-corrected chi connectivity index (χ3v) is 10.7. The zero-order valence-corrected chi connectivity index (χ0v) is 24.1. The van der Waals surface area contributed by atoms with Crippen molar-refractivity contribution in [1.29, 1.82) is 0 Å². The smallest absolute Gasteiger partial charge is 0.165 e. The summed E-state index contributed by atoms with van der Waals surface area (Å²) in [5.41, 5.74) is 2.40. The summed E-state index contributed by atoms with van der Waals surface area (Å²) in [6, 6.07) is 5.64. The Morgan fingerprint density at radius 2 is 1.65 bits per heavy atom. The Hall–Kier alpha value is -1.81. The van der Waals surface area contributed by atoms with Crippen molar-refractivity contribution in [1.82, 2.24) is 15.3 Å². The van der Waals surface area contributed by atoms with Gasteiger partial charge in [-0.25, -0.2) is 17.8 Å². The molecule has 2 aliphatic heterocycles. The van der Waals surface area contributed by atoms with E-state index in [4.69, 9.17) is 16.3 Å². The molecule has 1 saturated carbocycles. The van der Waals surface area contributed by atoms with Crippen molar-refractivity contribution in [3.8, 4) is 11.3 Å². The van der Waals surface area contributed by atoms with Crippen LogP contribution in [0.15, 0.2) is 24.4 Å². The van der Waals surface area contributed by atoms with Crippen LogP contribution in [0.5, 0.6) is 0 Å². The molecule has 3 fully saturated rings. The zero-order valence-electron chi connectivity index (χ0n) is 22.5. The highest BCUT2D eigenvalue weighted by Crippen LogP contribution is 2.32. The van der Waals surface area contributed by atoms with Crippen molar-refractivity contribution in [2.24, 2.45) is 17.8 Å². The molecule has 1 aliphatic carbocycles. The summed E-state index contributed by atoms with van der Waals surface area (Å²) in [5, 5.41) is 7.41. The van der Waals surface area contributed by atoms with Crippen LogP contribution in [0.1, 0.15) is 64.5 Å². The standard InChI is InChI=1S/C29H40ClFN4O3S.CH4/c30-26-19-33-24(15-20-1-3-23(4-2-20)32-17-22-9-13-39(36,37)14-10-22)16-25(26)28-6-5-27(31)29(35-28)34-18-21-7-11-38-12-8-21;/h5-6,16,19-23,32H,1-4,7-15,17-18H2,(H,34,35);1H4. The molecule has 0 unspecified atom stereocenters. The molecule has 10 heteroatoms. The number of nitrogens with one attached hydrogen (secondary N) is 2. The second-order valence-electron chi connectivity index (χ2n) is 11.5. The first kappa shape index (κ1) is 31.1. The van der Waals surface area contributed by atoms with E-state index < -0.39 is 9.84 Å². The number of sulfone groups is 1. The first-order chi connectivity index (χ1) is 18.8. The average molecular weight is 595 g/mol. The van der Waals surface area contributed by atoms with Gasteiger partial charge < -0.3 is 15.4 Å². The summed E-state index contributed by atoms with van der Waals surface area (Å²) in [4.78, 5) is 9.18. The van der Waals surface area contributed by atoms with E-state index in [1.165, 1.54) is 6.07 Å². The van der Waals surface area contributed by atoms with Crippen molar-refractivity contribution in [3.63, 3.8) is 0 Å². The minimum absolute atomic E-state index is 0. The molecule has 4 heterocycles. The van der Waals surface area contributed by atoms with Crippen LogP contribution in [0.3, 0.4) is 0 Å². The molecule has 0 atom stereocenters. The van der Waals surface area contributed by atoms with E-state index in [2.05, 4.69) is 20.6 Å². The topological polar surface area (TPSA) is 93.2 Å². The maximum atomic E-state index is 14.5. The predicted molar refractivity (Wildman–Crippen MR) is 160 cm³/mol. The fourth-order valence-corrected chi connectivity index (χ4v) is 7.83. The Labute approximate surface area is 244 Å². The van der Waals surface area contributed by atoms with E-state index in [9.17, 15) is 12.8 Å². The Morgan fingerprint density at radius 1 is 0.950 bits per heavy atom. The minimum atomic E-state index is -2.80. The molecule has 3 aliphatic rings.